The van der Waals surface area contributed by atoms with Gasteiger partial charge in [0.1, 0.15) is 11.9 Å². The number of rotatable bonds is 6. The van der Waals surface area contributed by atoms with Crippen molar-refractivity contribution in [1.29, 1.82) is 0 Å². The molecule has 0 bridgehead atoms. The number of fused-ring (bicyclic) bond motifs is 2. The highest BCUT2D eigenvalue weighted by molar-refractivity contribution is 8.00. The molecule has 1 aliphatic heterocycles. The number of nitrogens with zero attached hydrogens (tertiary/aromatic N) is 3. The maximum Gasteiger partial charge on any atom is 0.414 e. The Labute approximate surface area is 217 Å². The number of hydrogen-bond acceptors (Lipinski definition) is 10. The average molecular weight is 526 g/mol. The molecule has 11 nitrogen and oxygen atoms in total. The number of aliphatic hydroxyl groups is 2. The van der Waals surface area contributed by atoms with Crippen LogP contribution in [0.1, 0.15) is 37.4 Å². The summed E-state index contributed by atoms with van der Waals surface area (Å²) >= 11 is 1.38. The number of carbonyl (C=O) groups is 2. The van der Waals surface area contributed by atoms with Crippen molar-refractivity contribution < 1.29 is 29.3 Å². The van der Waals surface area contributed by atoms with Gasteiger partial charge in [0.2, 0.25) is 17.7 Å². The molecule has 4 heterocycles. The van der Waals surface area contributed by atoms with Crippen LogP contribution in [-0.4, -0.2) is 62.2 Å². The van der Waals surface area contributed by atoms with E-state index in [1.54, 1.807) is 36.5 Å². The lowest BCUT2D eigenvalue weighted by atomic mass is 9.80. The predicted octanol–water partition coefficient (Wildman–Crippen LogP) is 2.82. The summed E-state index contributed by atoms with van der Waals surface area (Å²) in [6.07, 6.45) is 1.28. The fraction of sp³-hybridized carbons (Fsp3) is 0.400. The molecule has 0 unspecified atom stereocenters. The van der Waals surface area contributed by atoms with Gasteiger partial charge in [-0.2, -0.15) is 4.98 Å². The molecule has 5 rings (SSSR count). The van der Waals surface area contributed by atoms with Crippen molar-refractivity contribution in [3.05, 3.63) is 42.1 Å². The van der Waals surface area contributed by atoms with Crippen LogP contribution >= 0.6 is 11.8 Å². The Morgan fingerprint density at radius 3 is 2.68 bits per heavy atom. The lowest BCUT2D eigenvalue weighted by Gasteiger charge is -2.33. The number of methoxy groups -OCH3 is 1. The standard InChI is InChI=1S/C25H27N5O6S/c1-35-19-8-6-16-21(29-19)15(10-11-26-16)23(33)22(32)13-2-4-14(5-3-13)27-25(34)36-20-9-7-17-24(30-20)28-18(31)12-37-17/h6-11,13-14,22-23,32-33H,2-5,12H2,1H3,(H,27,34)(H,28,30,31)/t13-,14-,22-,23-/m1/s1. The topological polar surface area (TPSA) is 156 Å². The molecule has 0 aromatic carbocycles. The molecule has 0 saturated heterocycles. The number of pyridine rings is 3. The van der Waals surface area contributed by atoms with Gasteiger partial charge in [0.05, 0.1) is 34.9 Å². The molecular weight excluding hydrogens is 498 g/mol. The highest BCUT2D eigenvalue weighted by Crippen LogP contribution is 2.35. The average Bonchev–Trinajstić information content (AvgIpc) is 2.91. The van der Waals surface area contributed by atoms with Gasteiger partial charge in [0.25, 0.3) is 0 Å². The van der Waals surface area contributed by atoms with Crippen LogP contribution in [0.5, 0.6) is 11.8 Å². The van der Waals surface area contributed by atoms with E-state index in [2.05, 4.69) is 25.6 Å². The predicted molar refractivity (Wildman–Crippen MR) is 136 cm³/mol. The van der Waals surface area contributed by atoms with E-state index in [9.17, 15) is 19.8 Å². The summed E-state index contributed by atoms with van der Waals surface area (Å²) in [6, 6.07) is 8.32. The van der Waals surface area contributed by atoms with Gasteiger partial charge in [-0.15, -0.1) is 11.8 Å². The zero-order chi connectivity index (χ0) is 25.9. The lowest BCUT2D eigenvalue weighted by molar-refractivity contribution is -0.113. The van der Waals surface area contributed by atoms with Crippen LogP contribution in [0.2, 0.25) is 0 Å². The molecular formula is C25H27N5O6S. The second-order valence-electron chi connectivity index (χ2n) is 9.04. The third kappa shape index (κ3) is 5.60. The minimum absolute atomic E-state index is 0.0982. The van der Waals surface area contributed by atoms with Crippen LogP contribution in [-0.2, 0) is 4.79 Å². The van der Waals surface area contributed by atoms with Crippen molar-refractivity contribution in [2.45, 2.75) is 48.8 Å². The summed E-state index contributed by atoms with van der Waals surface area (Å²) in [7, 11) is 1.51. The van der Waals surface area contributed by atoms with Gasteiger partial charge in [0, 0.05) is 29.9 Å². The van der Waals surface area contributed by atoms with Crippen molar-refractivity contribution in [2.24, 2.45) is 5.92 Å². The van der Waals surface area contributed by atoms with E-state index in [4.69, 9.17) is 9.47 Å². The molecule has 2 atom stereocenters. The van der Waals surface area contributed by atoms with E-state index in [1.807, 2.05) is 0 Å². The molecule has 2 amide bonds. The molecule has 2 aliphatic rings. The van der Waals surface area contributed by atoms with E-state index >= 15 is 0 Å². The first-order valence-electron chi connectivity index (χ1n) is 12.0. The SMILES string of the molecule is COc1ccc2nccc([C@@H](O)[C@H](O)[C@H]3CC[C@H](NC(=O)Oc4ccc5c(n4)NC(=O)CS5)CC3)c2n1. The van der Waals surface area contributed by atoms with Gasteiger partial charge >= 0.3 is 6.09 Å². The molecule has 194 valence electrons. The molecule has 0 spiro atoms. The Hall–Kier alpha value is -3.48. The smallest absolute Gasteiger partial charge is 0.414 e. The fourth-order valence-corrected chi connectivity index (χ4v) is 5.48. The number of amides is 2. The van der Waals surface area contributed by atoms with Gasteiger partial charge in [0.15, 0.2) is 0 Å². The number of nitrogens with one attached hydrogen (secondary N) is 2. The highest BCUT2D eigenvalue weighted by Gasteiger charge is 2.33. The van der Waals surface area contributed by atoms with Gasteiger partial charge in [-0.3, -0.25) is 9.78 Å². The number of carbonyl (C=O) groups excluding carboxylic acids is 2. The van der Waals surface area contributed by atoms with E-state index in [0.717, 1.165) is 4.90 Å². The van der Waals surface area contributed by atoms with Gasteiger partial charge in [-0.1, -0.05) is 0 Å². The van der Waals surface area contributed by atoms with Gasteiger partial charge < -0.3 is 30.3 Å². The third-order valence-corrected chi connectivity index (χ3v) is 7.71. The van der Waals surface area contributed by atoms with Crippen molar-refractivity contribution in [3.63, 3.8) is 0 Å². The van der Waals surface area contributed by atoms with Crippen LogP contribution in [0.15, 0.2) is 41.4 Å². The number of thioether (sulfide) groups is 1. The van der Waals surface area contributed by atoms with Crippen molar-refractivity contribution in [3.8, 4) is 11.8 Å². The summed E-state index contributed by atoms with van der Waals surface area (Å²) < 4.78 is 10.5. The Morgan fingerprint density at radius 2 is 1.89 bits per heavy atom. The molecule has 12 heteroatoms. The first kappa shape index (κ1) is 25.2. The maximum atomic E-state index is 12.4. The number of aliphatic hydroxyl groups excluding tert-OH is 2. The van der Waals surface area contributed by atoms with Crippen LogP contribution < -0.4 is 20.1 Å². The Kier molecular flexibility index (Phi) is 7.40. The summed E-state index contributed by atoms with van der Waals surface area (Å²) in [4.78, 5) is 37.7. The van der Waals surface area contributed by atoms with E-state index in [0.29, 0.717) is 59.7 Å². The quantitative estimate of drug-likeness (QED) is 0.377. The van der Waals surface area contributed by atoms with Crippen molar-refractivity contribution in [1.82, 2.24) is 20.3 Å². The zero-order valence-electron chi connectivity index (χ0n) is 20.1. The molecule has 1 saturated carbocycles. The molecule has 37 heavy (non-hydrogen) atoms. The monoisotopic (exact) mass is 525 g/mol. The maximum absolute atomic E-state index is 12.4. The van der Waals surface area contributed by atoms with Crippen molar-refractivity contribution in [2.75, 3.05) is 18.2 Å². The Bertz CT molecular complexity index is 1320. The van der Waals surface area contributed by atoms with Gasteiger partial charge in [-0.05, 0) is 49.8 Å². The molecule has 0 radical (unpaired) electrons. The van der Waals surface area contributed by atoms with E-state index < -0.39 is 18.3 Å². The first-order chi connectivity index (χ1) is 17.9. The van der Waals surface area contributed by atoms with Crippen molar-refractivity contribution >= 4 is 40.6 Å². The second-order valence-corrected chi connectivity index (χ2v) is 10.1. The largest absolute Gasteiger partial charge is 0.481 e. The second kappa shape index (κ2) is 10.9. The summed E-state index contributed by atoms with van der Waals surface area (Å²) in [5.41, 5.74) is 1.58. The van der Waals surface area contributed by atoms with E-state index in [1.165, 1.54) is 18.9 Å². The summed E-state index contributed by atoms with van der Waals surface area (Å²) in [6.45, 7) is 0. The Balaban J connectivity index is 1.16. The van der Waals surface area contributed by atoms with Gasteiger partial charge in [-0.25, -0.2) is 9.78 Å². The highest BCUT2D eigenvalue weighted by atomic mass is 32.2. The first-order valence-corrected chi connectivity index (χ1v) is 13.0. The summed E-state index contributed by atoms with van der Waals surface area (Å²) in [5.74, 6) is 0.909. The number of ether oxygens (including phenoxy) is 2. The minimum atomic E-state index is -1.14. The molecule has 3 aromatic rings. The molecule has 3 aromatic heterocycles. The molecule has 1 fully saturated rings. The third-order valence-electron chi connectivity index (χ3n) is 6.66. The minimum Gasteiger partial charge on any atom is -0.481 e. The number of aromatic nitrogens is 3. The number of hydrogen-bond donors (Lipinski definition) is 4. The van der Waals surface area contributed by atoms with Crippen LogP contribution in [0.3, 0.4) is 0 Å². The normalized spacial score (nSPS) is 20.9. The van der Waals surface area contributed by atoms with Crippen LogP contribution in [0.25, 0.3) is 11.0 Å². The van der Waals surface area contributed by atoms with E-state index in [-0.39, 0.29) is 23.7 Å². The Morgan fingerprint density at radius 1 is 1.11 bits per heavy atom. The lowest BCUT2D eigenvalue weighted by Crippen LogP contribution is -2.41. The summed E-state index contributed by atoms with van der Waals surface area (Å²) in [5, 5.41) is 27.5. The van der Waals surface area contributed by atoms with Crippen LogP contribution in [0, 0.1) is 5.92 Å². The molecule has 4 N–H and O–H groups in total. The zero-order valence-corrected chi connectivity index (χ0v) is 20.9. The molecule has 1 aliphatic carbocycles. The van der Waals surface area contributed by atoms with Crippen LogP contribution in [0.4, 0.5) is 10.6 Å². The fourth-order valence-electron chi connectivity index (χ4n) is 4.72. The number of anilines is 1.